The molecule has 1 rings (SSSR count). The van der Waals surface area contributed by atoms with Crippen LogP contribution in [-0.4, -0.2) is 24.8 Å². The molecule has 76 valence electrons. The highest BCUT2D eigenvalue weighted by Crippen LogP contribution is 2.16. The van der Waals surface area contributed by atoms with E-state index in [0.717, 1.165) is 0 Å². The van der Waals surface area contributed by atoms with Crippen LogP contribution in [0.2, 0.25) is 0 Å². The smallest absolute Gasteiger partial charge is 0.240 e. The van der Waals surface area contributed by atoms with Crippen molar-refractivity contribution in [1.82, 2.24) is 5.48 Å². The van der Waals surface area contributed by atoms with Gasteiger partial charge < -0.3 is 15.3 Å². The summed E-state index contributed by atoms with van der Waals surface area (Å²) in [6, 6.07) is 6.97. The molecule has 14 heavy (non-hydrogen) atoms. The molecule has 1 amide bonds. The summed E-state index contributed by atoms with van der Waals surface area (Å²) in [6.45, 7) is -0.142. The molecule has 0 atom stereocenters. The zero-order valence-electron chi connectivity index (χ0n) is 7.78. The van der Waals surface area contributed by atoms with Crippen LogP contribution < -0.4 is 15.5 Å². The Kier molecular flexibility index (Phi) is 3.90. The van der Waals surface area contributed by atoms with Gasteiger partial charge in [0.1, 0.15) is 12.3 Å². The SMILES string of the molecule is COc1cccc(NC(=O)CNO)c1. The van der Waals surface area contributed by atoms with Gasteiger partial charge >= 0.3 is 0 Å². The third kappa shape index (κ3) is 3.04. The van der Waals surface area contributed by atoms with Crippen LogP contribution in [0.5, 0.6) is 5.75 Å². The summed E-state index contributed by atoms with van der Waals surface area (Å²) in [5.74, 6) is 0.348. The minimum Gasteiger partial charge on any atom is -0.497 e. The third-order valence-corrected chi connectivity index (χ3v) is 1.59. The van der Waals surface area contributed by atoms with E-state index in [1.807, 2.05) is 0 Å². The van der Waals surface area contributed by atoms with Crippen LogP contribution in [0.15, 0.2) is 24.3 Å². The molecule has 0 aliphatic rings. The second kappa shape index (κ2) is 5.21. The quantitative estimate of drug-likeness (QED) is 0.617. The van der Waals surface area contributed by atoms with E-state index in [2.05, 4.69) is 5.32 Å². The van der Waals surface area contributed by atoms with Crippen molar-refractivity contribution in [3.8, 4) is 5.75 Å². The zero-order valence-corrected chi connectivity index (χ0v) is 7.78. The van der Waals surface area contributed by atoms with Gasteiger partial charge in [-0.1, -0.05) is 6.07 Å². The number of carbonyl (C=O) groups is 1. The van der Waals surface area contributed by atoms with Gasteiger partial charge in [-0.2, -0.15) is 5.48 Å². The van der Waals surface area contributed by atoms with Crippen molar-refractivity contribution < 1.29 is 14.7 Å². The van der Waals surface area contributed by atoms with E-state index < -0.39 is 0 Å². The Morgan fingerprint density at radius 2 is 2.36 bits per heavy atom. The van der Waals surface area contributed by atoms with Crippen molar-refractivity contribution in [2.75, 3.05) is 19.0 Å². The first-order valence-electron chi connectivity index (χ1n) is 4.07. The van der Waals surface area contributed by atoms with E-state index in [4.69, 9.17) is 9.94 Å². The topological polar surface area (TPSA) is 70.6 Å². The number of anilines is 1. The van der Waals surface area contributed by atoms with Gasteiger partial charge in [0.05, 0.1) is 7.11 Å². The van der Waals surface area contributed by atoms with Crippen molar-refractivity contribution in [1.29, 1.82) is 0 Å². The maximum atomic E-state index is 11.0. The van der Waals surface area contributed by atoms with Gasteiger partial charge in [0, 0.05) is 11.8 Å². The average Bonchev–Trinajstić information content (AvgIpc) is 2.18. The first-order chi connectivity index (χ1) is 6.76. The lowest BCUT2D eigenvalue weighted by Crippen LogP contribution is -2.25. The molecule has 3 N–H and O–H groups in total. The number of benzene rings is 1. The molecular formula is C9H12N2O3. The van der Waals surface area contributed by atoms with Crippen molar-refractivity contribution >= 4 is 11.6 Å². The molecular weight excluding hydrogens is 184 g/mol. The summed E-state index contributed by atoms with van der Waals surface area (Å²) in [7, 11) is 1.55. The third-order valence-electron chi connectivity index (χ3n) is 1.59. The first kappa shape index (κ1) is 10.5. The maximum absolute atomic E-state index is 11.0. The molecule has 5 heteroatoms. The summed E-state index contributed by atoms with van der Waals surface area (Å²) in [5, 5.41) is 10.9. The number of ether oxygens (including phenoxy) is 1. The first-order valence-corrected chi connectivity index (χ1v) is 4.07. The van der Waals surface area contributed by atoms with Crippen molar-refractivity contribution in [2.24, 2.45) is 0 Å². The fourth-order valence-electron chi connectivity index (χ4n) is 0.978. The summed E-state index contributed by atoms with van der Waals surface area (Å²) in [4.78, 5) is 11.0. The lowest BCUT2D eigenvalue weighted by Gasteiger charge is -2.05. The highest BCUT2D eigenvalue weighted by molar-refractivity contribution is 5.92. The van der Waals surface area contributed by atoms with Crippen LogP contribution in [0.3, 0.4) is 0 Å². The molecule has 1 aromatic carbocycles. The van der Waals surface area contributed by atoms with Gasteiger partial charge in [-0.05, 0) is 12.1 Å². The Morgan fingerprint density at radius 3 is 3.00 bits per heavy atom. The van der Waals surface area contributed by atoms with Crippen molar-refractivity contribution in [3.05, 3.63) is 24.3 Å². The van der Waals surface area contributed by atoms with Crippen LogP contribution in [0.1, 0.15) is 0 Å². The molecule has 0 saturated heterocycles. The van der Waals surface area contributed by atoms with Crippen molar-refractivity contribution in [3.63, 3.8) is 0 Å². The highest BCUT2D eigenvalue weighted by Gasteiger charge is 2.01. The van der Waals surface area contributed by atoms with Crippen LogP contribution in [0, 0.1) is 0 Å². The molecule has 1 aromatic rings. The molecule has 0 heterocycles. The normalized spacial score (nSPS) is 9.57. The molecule has 0 fully saturated rings. The fourth-order valence-corrected chi connectivity index (χ4v) is 0.978. The fraction of sp³-hybridized carbons (Fsp3) is 0.222. The molecule has 0 unspecified atom stereocenters. The predicted molar refractivity (Wildman–Crippen MR) is 51.4 cm³/mol. The molecule has 5 nitrogen and oxygen atoms in total. The maximum Gasteiger partial charge on any atom is 0.240 e. The Labute approximate surface area is 81.6 Å². The van der Waals surface area contributed by atoms with Crippen LogP contribution in [0.25, 0.3) is 0 Å². The Morgan fingerprint density at radius 1 is 1.57 bits per heavy atom. The van der Waals surface area contributed by atoms with Gasteiger partial charge in [0.25, 0.3) is 0 Å². The minimum absolute atomic E-state index is 0.142. The number of amides is 1. The van der Waals surface area contributed by atoms with Gasteiger partial charge in [-0.25, -0.2) is 0 Å². The molecule has 0 radical (unpaired) electrons. The number of carbonyl (C=O) groups excluding carboxylic acids is 1. The van der Waals surface area contributed by atoms with E-state index in [1.165, 1.54) is 0 Å². The number of methoxy groups -OCH3 is 1. The minimum atomic E-state index is -0.319. The average molecular weight is 196 g/mol. The standard InChI is InChI=1S/C9H12N2O3/c1-14-8-4-2-3-7(5-8)11-9(12)6-10-13/h2-5,10,13H,6H2,1H3,(H,11,12). The van der Waals surface area contributed by atoms with E-state index >= 15 is 0 Å². The number of nitrogens with one attached hydrogen (secondary N) is 2. The predicted octanol–water partition coefficient (Wildman–Crippen LogP) is 0.613. The second-order valence-corrected chi connectivity index (χ2v) is 2.62. The Bertz CT molecular complexity index is 315. The number of hydrogen-bond donors (Lipinski definition) is 3. The molecule has 0 aromatic heterocycles. The number of hydroxylamine groups is 1. The molecule has 0 aliphatic heterocycles. The lowest BCUT2D eigenvalue weighted by atomic mass is 10.3. The number of rotatable bonds is 4. The van der Waals surface area contributed by atoms with Gasteiger partial charge in [-0.3, -0.25) is 4.79 Å². The van der Waals surface area contributed by atoms with E-state index in [9.17, 15) is 4.79 Å². The monoisotopic (exact) mass is 196 g/mol. The lowest BCUT2D eigenvalue weighted by molar-refractivity contribution is -0.116. The largest absolute Gasteiger partial charge is 0.497 e. The molecule has 0 saturated carbocycles. The zero-order chi connectivity index (χ0) is 10.4. The summed E-state index contributed by atoms with van der Waals surface area (Å²) in [5.41, 5.74) is 2.40. The summed E-state index contributed by atoms with van der Waals surface area (Å²) >= 11 is 0. The van der Waals surface area contributed by atoms with E-state index in [1.54, 1.807) is 36.9 Å². The van der Waals surface area contributed by atoms with E-state index in [0.29, 0.717) is 11.4 Å². The van der Waals surface area contributed by atoms with Gasteiger partial charge in [0.15, 0.2) is 0 Å². The van der Waals surface area contributed by atoms with Crippen LogP contribution >= 0.6 is 0 Å². The highest BCUT2D eigenvalue weighted by atomic mass is 16.5. The molecule has 0 aliphatic carbocycles. The number of hydrogen-bond acceptors (Lipinski definition) is 4. The van der Waals surface area contributed by atoms with Crippen LogP contribution in [0.4, 0.5) is 5.69 Å². The van der Waals surface area contributed by atoms with Crippen LogP contribution in [-0.2, 0) is 4.79 Å². The Hall–Kier alpha value is -1.59. The second-order valence-electron chi connectivity index (χ2n) is 2.62. The summed E-state index contributed by atoms with van der Waals surface area (Å²) < 4.78 is 4.98. The molecule has 0 spiro atoms. The van der Waals surface area contributed by atoms with E-state index in [-0.39, 0.29) is 12.5 Å². The summed E-state index contributed by atoms with van der Waals surface area (Å²) in [6.07, 6.45) is 0. The van der Waals surface area contributed by atoms with Gasteiger partial charge in [0.2, 0.25) is 5.91 Å². The van der Waals surface area contributed by atoms with Crippen molar-refractivity contribution in [2.45, 2.75) is 0 Å². The van der Waals surface area contributed by atoms with Gasteiger partial charge in [-0.15, -0.1) is 0 Å². The molecule has 0 bridgehead atoms. The Balaban J connectivity index is 2.62.